The van der Waals surface area contributed by atoms with Crippen molar-refractivity contribution in [3.63, 3.8) is 0 Å². The van der Waals surface area contributed by atoms with Crippen LogP contribution in [0.5, 0.6) is 0 Å². The van der Waals surface area contributed by atoms with Gasteiger partial charge in [-0.05, 0) is 24.6 Å². The molecule has 1 unspecified atom stereocenters. The standard InChI is InChI=1S/C14H14FN3O/c1-3-8-18-13(19)17-12(16)14(18,2)9-10-4-6-11(15)7-5-10/h1,4-7H,8-9H2,2H3,(H2,16,17,19). The first kappa shape index (κ1) is 13.1. The second-order valence-corrected chi connectivity index (χ2v) is 4.65. The van der Waals surface area contributed by atoms with Crippen molar-refractivity contribution < 1.29 is 9.18 Å². The molecule has 0 aromatic heterocycles. The number of nitrogens with zero attached hydrogens (tertiary/aromatic N) is 2. The summed E-state index contributed by atoms with van der Waals surface area (Å²) >= 11 is 0. The molecule has 1 heterocycles. The first-order valence-corrected chi connectivity index (χ1v) is 5.81. The van der Waals surface area contributed by atoms with Gasteiger partial charge in [0.2, 0.25) is 0 Å². The molecule has 0 spiro atoms. The summed E-state index contributed by atoms with van der Waals surface area (Å²) in [4.78, 5) is 17.0. The Morgan fingerprint density at radius 3 is 2.68 bits per heavy atom. The lowest BCUT2D eigenvalue weighted by molar-refractivity contribution is 0.188. The van der Waals surface area contributed by atoms with Gasteiger partial charge in [0.25, 0.3) is 0 Å². The van der Waals surface area contributed by atoms with Crippen LogP contribution in [0, 0.1) is 18.2 Å². The Labute approximate surface area is 111 Å². The molecular weight excluding hydrogens is 245 g/mol. The predicted molar refractivity (Wildman–Crippen MR) is 71.1 cm³/mol. The van der Waals surface area contributed by atoms with E-state index in [1.165, 1.54) is 17.0 Å². The molecule has 0 saturated carbocycles. The minimum absolute atomic E-state index is 0.140. The van der Waals surface area contributed by atoms with E-state index in [0.29, 0.717) is 6.42 Å². The molecule has 5 heteroatoms. The summed E-state index contributed by atoms with van der Waals surface area (Å²) in [5, 5.41) is 0. The van der Waals surface area contributed by atoms with Crippen LogP contribution >= 0.6 is 0 Å². The van der Waals surface area contributed by atoms with Gasteiger partial charge in [0.05, 0.1) is 6.54 Å². The quantitative estimate of drug-likeness (QED) is 0.837. The van der Waals surface area contributed by atoms with Gasteiger partial charge in [-0.25, -0.2) is 9.18 Å². The minimum Gasteiger partial charge on any atom is -0.385 e. The van der Waals surface area contributed by atoms with Crippen molar-refractivity contribution in [3.05, 3.63) is 35.6 Å². The normalized spacial score (nSPS) is 22.3. The lowest BCUT2D eigenvalue weighted by atomic mass is 9.90. The van der Waals surface area contributed by atoms with Gasteiger partial charge in [-0.3, -0.25) is 4.90 Å². The lowest BCUT2D eigenvalue weighted by Gasteiger charge is -2.33. The fourth-order valence-electron chi connectivity index (χ4n) is 2.15. The summed E-state index contributed by atoms with van der Waals surface area (Å²) in [5.74, 6) is 2.35. The fourth-order valence-corrected chi connectivity index (χ4v) is 2.15. The Bertz CT molecular complexity index is 573. The molecule has 1 aromatic carbocycles. The van der Waals surface area contributed by atoms with E-state index in [1.807, 2.05) is 0 Å². The number of hydrogen-bond acceptors (Lipinski definition) is 2. The maximum absolute atomic E-state index is 12.9. The molecule has 1 aromatic rings. The average molecular weight is 259 g/mol. The molecular formula is C14H14FN3O. The highest BCUT2D eigenvalue weighted by Crippen LogP contribution is 2.27. The Balaban J connectivity index is 2.29. The second-order valence-electron chi connectivity index (χ2n) is 4.65. The Morgan fingerprint density at radius 2 is 2.11 bits per heavy atom. The number of halogens is 1. The number of amidine groups is 1. The van der Waals surface area contributed by atoms with Crippen LogP contribution in [0.15, 0.2) is 29.3 Å². The molecule has 1 aliphatic rings. The van der Waals surface area contributed by atoms with E-state index in [2.05, 4.69) is 10.9 Å². The van der Waals surface area contributed by atoms with Crippen molar-refractivity contribution in [2.45, 2.75) is 18.9 Å². The number of hydrogen-bond donors (Lipinski definition) is 1. The van der Waals surface area contributed by atoms with Crippen molar-refractivity contribution >= 4 is 11.9 Å². The van der Waals surface area contributed by atoms with Crippen LogP contribution in [-0.2, 0) is 6.42 Å². The summed E-state index contributed by atoms with van der Waals surface area (Å²) in [7, 11) is 0. The summed E-state index contributed by atoms with van der Waals surface area (Å²) in [6.45, 7) is 1.94. The van der Waals surface area contributed by atoms with Gasteiger partial charge in [0.1, 0.15) is 17.2 Å². The second kappa shape index (κ2) is 4.73. The molecule has 1 aliphatic heterocycles. The summed E-state index contributed by atoms with van der Waals surface area (Å²) in [6.07, 6.45) is 5.71. The summed E-state index contributed by atoms with van der Waals surface area (Å²) in [5.41, 5.74) is 5.94. The van der Waals surface area contributed by atoms with Crippen molar-refractivity contribution in [3.8, 4) is 12.3 Å². The molecule has 0 radical (unpaired) electrons. The van der Waals surface area contributed by atoms with Crippen LogP contribution in [0.1, 0.15) is 12.5 Å². The highest BCUT2D eigenvalue weighted by Gasteiger charge is 2.44. The number of benzene rings is 1. The van der Waals surface area contributed by atoms with Crippen LogP contribution in [0.4, 0.5) is 9.18 Å². The smallest absolute Gasteiger partial charge is 0.346 e. The van der Waals surface area contributed by atoms with E-state index in [4.69, 9.17) is 12.2 Å². The first-order valence-electron chi connectivity index (χ1n) is 5.81. The fraction of sp³-hybridized carbons (Fsp3) is 0.286. The number of carbonyl (C=O) groups is 1. The maximum atomic E-state index is 12.9. The van der Waals surface area contributed by atoms with E-state index < -0.39 is 11.6 Å². The van der Waals surface area contributed by atoms with Crippen molar-refractivity contribution in [1.29, 1.82) is 0 Å². The van der Waals surface area contributed by atoms with E-state index >= 15 is 0 Å². The number of terminal acetylenes is 1. The number of aliphatic imine (C=N–C) groups is 1. The molecule has 19 heavy (non-hydrogen) atoms. The highest BCUT2D eigenvalue weighted by molar-refractivity contribution is 6.05. The SMILES string of the molecule is C#CCN1C(=O)N=C(N)C1(C)Cc1ccc(F)cc1. The van der Waals surface area contributed by atoms with Gasteiger partial charge < -0.3 is 5.73 Å². The van der Waals surface area contributed by atoms with Crippen molar-refractivity contribution in [1.82, 2.24) is 4.90 Å². The average Bonchev–Trinajstić information content (AvgIpc) is 2.57. The van der Waals surface area contributed by atoms with Crippen LogP contribution in [0.2, 0.25) is 0 Å². The molecule has 1 atom stereocenters. The zero-order valence-corrected chi connectivity index (χ0v) is 10.6. The highest BCUT2D eigenvalue weighted by atomic mass is 19.1. The molecule has 98 valence electrons. The minimum atomic E-state index is -0.763. The van der Waals surface area contributed by atoms with E-state index in [-0.39, 0.29) is 18.2 Å². The third-order valence-electron chi connectivity index (χ3n) is 3.31. The van der Waals surface area contributed by atoms with Crippen LogP contribution in [0.25, 0.3) is 0 Å². The number of rotatable bonds is 3. The van der Waals surface area contributed by atoms with Gasteiger partial charge in [-0.2, -0.15) is 4.99 Å². The molecule has 2 N–H and O–H groups in total. The van der Waals surface area contributed by atoms with Crippen LogP contribution in [0.3, 0.4) is 0 Å². The number of nitrogens with two attached hydrogens (primary N) is 1. The number of urea groups is 1. The van der Waals surface area contributed by atoms with E-state index in [0.717, 1.165) is 5.56 Å². The third-order valence-corrected chi connectivity index (χ3v) is 3.31. The molecule has 0 aliphatic carbocycles. The van der Waals surface area contributed by atoms with Crippen molar-refractivity contribution in [2.75, 3.05) is 6.54 Å². The van der Waals surface area contributed by atoms with Crippen molar-refractivity contribution in [2.24, 2.45) is 10.7 Å². The van der Waals surface area contributed by atoms with Gasteiger partial charge in [0, 0.05) is 6.42 Å². The largest absolute Gasteiger partial charge is 0.385 e. The zero-order chi connectivity index (χ0) is 14.0. The molecule has 0 bridgehead atoms. The van der Waals surface area contributed by atoms with Gasteiger partial charge in [0.15, 0.2) is 0 Å². The Hall–Kier alpha value is -2.35. The molecule has 0 saturated heterocycles. The lowest BCUT2D eigenvalue weighted by Crippen LogP contribution is -2.53. The Kier molecular flexibility index (Phi) is 3.26. The maximum Gasteiger partial charge on any atom is 0.346 e. The zero-order valence-electron chi connectivity index (χ0n) is 10.6. The number of carbonyl (C=O) groups excluding carboxylic acids is 1. The Morgan fingerprint density at radius 1 is 1.47 bits per heavy atom. The van der Waals surface area contributed by atoms with E-state index in [9.17, 15) is 9.18 Å². The molecule has 4 nitrogen and oxygen atoms in total. The third kappa shape index (κ3) is 2.29. The van der Waals surface area contributed by atoms with Crippen LogP contribution < -0.4 is 5.73 Å². The van der Waals surface area contributed by atoms with E-state index in [1.54, 1.807) is 19.1 Å². The summed E-state index contributed by atoms with van der Waals surface area (Å²) < 4.78 is 12.9. The molecule has 0 fully saturated rings. The van der Waals surface area contributed by atoms with Crippen LogP contribution in [-0.4, -0.2) is 28.9 Å². The number of amides is 2. The van der Waals surface area contributed by atoms with Gasteiger partial charge in [-0.15, -0.1) is 6.42 Å². The monoisotopic (exact) mass is 259 g/mol. The van der Waals surface area contributed by atoms with Gasteiger partial charge in [-0.1, -0.05) is 18.1 Å². The predicted octanol–water partition coefficient (Wildman–Crippen LogP) is 1.55. The first-order chi connectivity index (χ1) is 8.97. The summed E-state index contributed by atoms with van der Waals surface area (Å²) in [6, 6.07) is 5.62. The van der Waals surface area contributed by atoms with Gasteiger partial charge >= 0.3 is 6.03 Å². The molecule has 2 amide bonds. The topological polar surface area (TPSA) is 58.7 Å². The molecule has 2 rings (SSSR count).